The Labute approximate surface area is 112 Å². The second-order valence-corrected chi connectivity index (χ2v) is 7.29. The van der Waals surface area contributed by atoms with Crippen molar-refractivity contribution >= 4 is 27.3 Å². The minimum Gasteiger partial charge on any atom is -0.245 e. The van der Waals surface area contributed by atoms with Gasteiger partial charge >= 0.3 is 0 Å². The van der Waals surface area contributed by atoms with Crippen LogP contribution in [0.5, 0.6) is 0 Å². The SMILES string of the molecule is CCCCC(C)(CCC)c1nc(C)sc1Br. The van der Waals surface area contributed by atoms with Crippen LogP contribution in [-0.2, 0) is 5.41 Å². The van der Waals surface area contributed by atoms with Gasteiger partial charge in [0.25, 0.3) is 0 Å². The standard InChI is InChI=1S/C13H22BrNS/c1-5-7-9-13(4,8-6-2)11-12(14)16-10(3)15-11/h5-9H2,1-4H3. The van der Waals surface area contributed by atoms with Crippen molar-refractivity contribution in [1.82, 2.24) is 4.98 Å². The van der Waals surface area contributed by atoms with Gasteiger partial charge in [-0.15, -0.1) is 11.3 Å². The van der Waals surface area contributed by atoms with Gasteiger partial charge in [0.2, 0.25) is 0 Å². The molecule has 1 nitrogen and oxygen atoms in total. The third kappa shape index (κ3) is 3.30. The lowest BCUT2D eigenvalue weighted by Crippen LogP contribution is -2.22. The topological polar surface area (TPSA) is 12.9 Å². The van der Waals surface area contributed by atoms with E-state index in [2.05, 4.69) is 43.6 Å². The Bertz CT molecular complexity index is 335. The predicted molar refractivity (Wildman–Crippen MR) is 76.3 cm³/mol. The molecule has 1 unspecified atom stereocenters. The van der Waals surface area contributed by atoms with Crippen molar-refractivity contribution in [3.63, 3.8) is 0 Å². The molecule has 0 N–H and O–H groups in total. The maximum absolute atomic E-state index is 4.73. The summed E-state index contributed by atoms with van der Waals surface area (Å²) >= 11 is 5.43. The molecule has 0 saturated heterocycles. The molecule has 1 atom stereocenters. The van der Waals surface area contributed by atoms with Crippen LogP contribution in [-0.4, -0.2) is 4.98 Å². The van der Waals surface area contributed by atoms with Gasteiger partial charge in [-0.2, -0.15) is 0 Å². The van der Waals surface area contributed by atoms with Gasteiger partial charge < -0.3 is 0 Å². The van der Waals surface area contributed by atoms with Crippen LogP contribution in [0.2, 0.25) is 0 Å². The van der Waals surface area contributed by atoms with Crippen LogP contribution >= 0.6 is 27.3 Å². The zero-order chi connectivity index (χ0) is 12.2. The summed E-state index contributed by atoms with van der Waals surface area (Å²) in [5.41, 5.74) is 1.54. The van der Waals surface area contributed by atoms with Gasteiger partial charge in [0, 0.05) is 5.41 Å². The molecule has 0 radical (unpaired) electrons. The van der Waals surface area contributed by atoms with Crippen LogP contribution < -0.4 is 0 Å². The summed E-state index contributed by atoms with van der Waals surface area (Å²) in [6.07, 6.45) is 6.26. The molecule has 0 amide bonds. The third-order valence-electron chi connectivity index (χ3n) is 3.15. The van der Waals surface area contributed by atoms with E-state index in [4.69, 9.17) is 4.98 Å². The fourth-order valence-corrected chi connectivity index (χ4v) is 4.31. The molecule has 0 aromatic carbocycles. The summed E-state index contributed by atoms with van der Waals surface area (Å²) in [6, 6.07) is 0. The Morgan fingerprint density at radius 3 is 2.38 bits per heavy atom. The van der Waals surface area contributed by atoms with Gasteiger partial charge in [-0.3, -0.25) is 0 Å². The van der Waals surface area contributed by atoms with Crippen LogP contribution in [0.1, 0.15) is 63.6 Å². The molecule has 0 spiro atoms. The van der Waals surface area contributed by atoms with Crippen LogP contribution in [0.4, 0.5) is 0 Å². The van der Waals surface area contributed by atoms with Crippen LogP contribution in [0.3, 0.4) is 0 Å². The Morgan fingerprint density at radius 1 is 1.25 bits per heavy atom. The van der Waals surface area contributed by atoms with Gasteiger partial charge in [0.05, 0.1) is 14.5 Å². The minimum absolute atomic E-state index is 0.258. The first-order chi connectivity index (χ1) is 7.53. The van der Waals surface area contributed by atoms with Crippen LogP contribution in [0, 0.1) is 6.92 Å². The maximum atomic E-state index is 4.73. The number of hydrogen-bond acceptors (Lipinski definition) is 2. The summed E-state index contributed by atoms with van der Waals surface area (Å²) in [6.45, 7) is 8.97. The van der Waals surface area contributed by atoms with E-state index < -0.39 is 0 Å². The zero-order valence-corrected chi connectivity index (χ0v) is 13.2. The van der Waals surface area contributed by atoms with E-state index in [0.717, 1.165) is 0 Å². The minimum atomic E-state index is 0.258. The largest absolute Gasteiger partial charge is 0.245 e. The van der Waals surface area contributed by atoms with Gasteiger partial charge in [-0.05, 0) is 35.7 Å². The molecular weight excluding hydrogens is 282 g/mol. The molecule has 3 heteroatoms. The molecule has 0 aliphatic heterocycles. The molecule has 16 heavy (non-hydrogen) atoms. The molecule has 1 rings (SSSR count). The van der Waals surface area contributed by atoms with Crippen molar-refractivity contribution < 1.29 is 0 Å². The van der Waals surface area contributed by atoms with E-state index in [1.54, 1.807) is 11.3 Å². The second kappa shape index (κ2) is 6.15. The van der Waals surface area contributed by atoms with Crippen molar-refractivity contribution in [2.24, 2.45) is 0 Å². The summed E-state index contributed by atoms with van der Waals surface area (Å²) in [5.74, 6) is 0. The Hall–Kier alpha value is 0.110. The smallest absolute Gasteiger partial charge is 0.0937 e. The highest BCUT2D eigenvalue weighted by atomic mass is 79.9. The van der Waals surface area contributed by atoms with Gasteiger partial charge in [0.15, 0.2) is 0 Å². The number of nitrogens with zero attached hydrogens (tertiary/aromatic N) is 1. The van der Waals surface area contributed by atoms with E-state index in [1.807, 2.05) is 0 Å². The van der Waals surface area contributed by atoms with Crippen molar-refractivity contribution in [3.05, 3.63) is 14.5 Å². The first kappa shape index (κ1) is 14.2. The summed E-state index contributed by atoms with van der Waals surface area (Å²) in [5, 5.41) is 1.17. The number of thiazole rings is 1. The molecule has 0 saturated carbocycles. The Balaban J connectivity index is 2.95. The number of aromatic nitrogens is 1. The molecule has 0 bridgehead atoms. The van der Waals surface area contributed by atoms with E-state index in [0.29, 0.717) is 0 Å². The average Bonchev–Trinajstić information content (AvgIpc) is 2.56. The van der Waals surface area contributed by atoms with E-state index in [9.17, 15) is 0 Å². The van der Waals surface area contributed by atoms with Gasteiger partial charge in [0.1, 0.15) is 0 Å². The number of hydrogen-bond donors (Lipinski definition) is 0. The lowest BCUT2D eigenvalue weighted by Gasteiger charge is -2.28. The zero-order valence-electron chi connectivity index (χ0n) is 10.8. The van der Waals surface area contributed by atoms with Gasteiger partial charge in [-0.1, -0.05) is 40.0 Å². The van der Waals surface area contributed by atoms with Crippen molar-refractivity contribution in [3.8, 4) is 0 Å². The molecule has 1 aromatic heterocycles. The van der Waals surface area contributed by atoms with Crippen molar-refractivity contribution in [2.75, 3.05) is 0 Å². The van der Waals surface area contributed by atoms with Crippen molar-refractivity contribution in [2.45, 2.75) is 65.2 Å². The molecule has 0 fully saturated rings. The fraction of sp³-hybridized carbons (Fsp3) is 0.769. The molecule has 1 heterocycles. The highest BCUT2D eigenvalue weighted by molar-refractivity contribution is 9.11. The maximum Gasteiger partial charge on any atom is 0.0937 e. The lowest BCUT2D eigenvalue weighted by atomic mass is 9.78. The predicted octanol–water partition coefficient (Wildman–Crippen LogP) is 5.46. The molecule has 0 aliphatic carbocycles. The first-order valence-electron chi connectivity index (χ1n) is 6.17. The fourth-order valence-electron chi connectivity index (χ4n) is 2.25. The summed E-state index contributed by atoms with van der Waals surface area (Å²) in [4.78, 5) is 4.73. The normalized spacial score (nSPS) is 15.1. The van der Waals surface area contributed by atoms with E-state index in [-0.39, 0.29) is 5.41 Å². The summed E-state index contributed by atoms with van der Waals surface area (Å²) in [7, 11) is 0. The monoisotopic (exact) mass is 303 g/mol. The molecule has 1 aromatic rings. The van der Waals surface area contributed by atoms with Gasteiger partial charge in [-0.25, -0.2) is 4.98 Å². The lowest BCUT2D eigenvalue weighted by molar-refractivity contribution is 0.373. The van der Waals surface area contributed by atoms with E-state index in [1.165, 1.54) is 46.6 Å². The second-order valence-electron chi connectivity index (χ2n) is 4.77. The highest BCUT2D eigenvalue weighted by Crippen LogP contribution is 2.40. The Kier molecular flexibility index (Phi) is 5.45. The van der Waals surface area contributed by atoms with E-state index >= 15 is 0 Å². The molecular formula is C13H22BrNS. The molecule has 92 valence electrons. The first-order valence-corrected chi connectivity index (χ1v) is 7.78. The van der Waals surface area contributed by atoms with Crippen LogP contribution in [0.25, 0.3) is 0 Å². The van der Waals surface area contributed by atoms with Crippen LogP contribution in [0.15, 0.2) is 3.79 Å². The average molecular weight is 304 g/mol. The Morgan fingerprint density at radius 2 is 1.94 bits per heavy atom. The third-order valence-corrected chi connectivity index (χ3v) is 4.77. The number of halogens is 1. The van der Waals surface area contributed by atoms with Crippen molar-refractivity contribution in [1.29, 1.82) is 0 Å². The summed E-state index contributed by atoms with van der Waals surface area (Å²) < 4.78 is 1.23. The number of unbranched alkanes of at least 4 members (excludes halogenated alkanes) is 1. The quantitative estimate of drug-likeness (QED) is 0.680. The number of aryl methyl sites for hydroxylation is 1. The highest BCUT2D eigenvalue weighted by Gasteiger charge is 2.30. The number of rotatable bonds is 6. The molecule has 0 aliphatic rings.